The van der Waals surface area contributed by atoms with Crippen LogP contribution in [0.4, 0.5) is 17.8 Å². The summed E-state index contributed by atoms with van der Waals surface area (Å²) in [6.45, 7) is 1.94. The maximum absolute atomic E-state index is 6.24. The minimum absolute atomic E-state index is 0.202. The molecule has 0 unspecified atom stereocenters. The van der Waals surface area contributed by atoms with E-state index in [1.54, 1.807) is 4.90 Å². The SMILES string of the molecule is CN(C)c1nc(N)nc(CSc2nnc(N3CCCC3)n2-c2cccc(Cl)c2)n1. The van der Waals surface area contributed by atoms with E-state index in [4.69, 9.17) is 17.3 Å². The third kappa shape index (κ3) is 4.38. The number of nitrogen functional groups attached to an aromatic ring is 1. The Bertz CT molecular complexity index is 1000. The van der Waals surface area contributed by atoms with Crippen molar-refractivity contribution in [1.82, 2.24) is 29.7 Å². The Kier molecular flexibility index (Phi) is 5.72. The predicted octanol–water partition coefficient (Wildman–Crippen LogP) is 2.65. The topological polar surface area (TPSA) is 102 Å². The lowest BCUT2D eigenvalue weighted by molar-refractivity contribution is 0.840. The molecule has 4 rings (SSSR count). The lowest BCUT2D eigenvalue weighted by Gasteiger charge is -2.18. The molecule has 1 aromatic carbocycles. The number of nitrogens with two attached hydrogens (primary N) is 1. The summed E-state index contributed by atoms with van der Waals surface area (Å²) in [5, 5.41) is 10.3. The highest BCUT2D eigenvalue weighted by atomic mass is 35.5. The molecule has 0 spiro atoms. The van der Waals surface area contributed by atoms with Crippen molar-refractivity contribution in [3.05, 3.63) is 35.1 Å². The van der Waals surface area contributed by atoms with Crippen LogP contribution in [0.1, 0.15) is 18.7 Å². The summed E-state index contributed by atoms with van der Waals surface area (Å²) in [4.78, 5) is 16.9. The zero-order valence-corrected chi connectivity index (χ0v) is 17.9. The smallest absolute Gasteiger partial charge is 0.232 e. The number of nitrogens with zero attached hydrogens (tertiary/aromatic N) is 8. The molecule has 0 saturated carbocycles. The Morgan fingerprint density at radius 1 is 1.14 bits per heavy atom. The van der Waals surface area contributed by atoms with Crippen molar-refractivity contribution in [1.29, 1.82) is 0 Å². The summed E-state index contributed by atoms with van der Waals surface area (Å²) in [6.07, 6.45) is 2.31. The van der Waals surface area contributed by atoms with Crippen LogP contribution in [0.15, 0.2) is 29.4 Å². The second kappa shape index (κ2) is 8.42. The highest BCUT2D eigenvalue weighted by Crippen LogP contribution is 2.30. The number of hydrogen-bond acceptors (Lipinski definition) is 9. The number of rotatable bonds is 6. The number of hydrogen-bond donors (Lipinski definition) is 1. The van der Waals surface area contributed by atoms with Gasteiger partial charge in [0.15, 0.2) is 5.16 Å². The third-order valence-corrected chi connectivity index (χ3v) is 5.65. The molecule has 2 N–H and O–H groups in total. The Morgan fingerprint density at radius 2 is 1.93 bits per heavy atom. The summed E-state index contributed by atoms with van der Waals surface area (Å²) in [5.41, 5.74) is 6.76. The molecule has 1 saturated heterocycles. The average molecular weight is 432 g/mol. The van der Waals surface area contributed by atoms with Gasteiger partial charge < -0.3 is 15.5 Å². The molecule has 0 atom stereocenters. The number of anilines is 3. The summed E-state index contributed by atoms with van der Waals surface area (Å²) >= 11 is 7.75. The van der Waals surface area contributed by atoms with Crippen molar-refractivity contribution >= 4 is 41.2 Å². The minimum atomic E-state index is 0.202. The van der Waals surface area contributed by atoms with E-state index in [-0.39, 0.29) is 5.95 Å². The van der Waals surface area contributed by atoms with Gasteiger partial charge in [-0.2, -0.15) is 15.0 Å². The molecule has 9 nitrogen and oxygen atoms in total. The number of thioether (sulfide) groups is 1. The monoisotopic (exact) mass is 431 g/mol. The highest BCUT2D eigenvalue weighted by molar-refractivity contribution is 7.98. The fourth-order valence-corrected chi connectivity index (χ4v) is 4.12. The van der Waals surface area contributed by atoms with Crippen molar-refractivity contribution in [3.8, 4) is 5.69 Å². The Balaban J connectivity index is 1.65. The lowest BCUT2D eigenvalue weighted by Crippen LogP contribution is -2.22. The van der Waals surface area contributed by atoms with Crippen molar-refractivity contribution in [2.75, 3.05) is 42.7 Å². The van der Waals surface area contributed by atoms with Crippen LogP contribution in [0.2, 0.25) is 5.02 Å². The van der Waals surface area contributed by atoms with E-state index in [1.165, 1.54) is 11.8 Å². The molecule has 0 aliphatic carbocycles. The normalized spacial score (nSPS) is 13.8. The zero-order chi connectivity index (χ0) is 20.4. The first-order valence-electron chi connectivity index (χ1n) is 9.28. The first-order chi connectivity index (χ1) is 14.0. The molecular formula is C18H22ClN9S. The molecule has 152 valence electrons. The van der Waals surface area contributed by atoms with Gasteiger partial charge >= 0.3 is 0 Å². The van der Waals surface area contributed by atoms with Gasteiger partial charge in [-0.15, -0.1) is 10.2 Å². The number of aromatic nitrogens is 6. The molecule has 3 aromatic rings. The first kappa shape index (κ1) is 19.7. The van der Waals surface area contributed by atoms with Crippen LogP contribution in [-0.2, 0) is 5.75 Å². The van der Waals surface area contributed by atoms with E-state index >= 15 is 0 Å². The highest BCUT2D eigenvalue weighted by Gasteiger charge is 2.23. The molecular weight excluding hydrogens is 410 g/mol. The van der Waals surface area contributed by atoms with Gasteiger partial charge in [0.25, 0.3) is 0 Å². The van der Waals surface area contributed by atoms with Gasteiger partial charge in [0.2, 0.25) is 17.8 Å². The van der Waals surface area contributed by atoms with Crippen molar-refractivity contribution < 1.29 is 0 Å². The van der Waals surface area contributed by atoms with Crippen molar-refractivity contribution in [3.63, 3.8) is 0 Å². The van der Waals surface area contributed by atoms with Gasteiger partial charge in [0.05, 0.1) is 11.4 Å². The van der Waals surface area contributed by atoms with Gasteiger partial charge in [-0.1, -0.05) is 29.4 Å². The zero-order valence-electron chi connectivity index (χ0n) is 16.3. The fourth-order valence-electron chi connectivity index (χ4n) is 3.14. The van der Waals surface area contributed by atoms with Crippen LogP contribution in [0.25, 0.3) is 5.69 Å². The van der Waals surface area contributed by atoms with E-state index < -0.39 is 0 Å². The summed E-state index contributed by atoms with van der Waals surface area (Å²) in [5.74, 6) is 2.65. The number of benzene rings is 1. The van der Waals surface area contributed by atoms with Gasteiger partial charge in [-0.05, 0) is 31.0 Å². The molecule has 1 aliphatic rings. The lowest BCUT2D eigenvalue weighted by atomic mass is 10.3. The maximum Gasteiger partial charge on any atom is 0.232 e. The van der Waals surface area contributed by atoms with Gasteiger partial charge in [-0.3, -0.25) is 4.57 Å². The Labute approximate surface area is 178 Å². The van der Waals surface area contributed by atoms with E-state index in [2.05, 4.69) is 30.0 Å². The molecule has 29 heavy (non-hydrogen) atoms. The fraction of sp³-hybridized carbons (Fsp3) is 0.389. The largest absolute Gasteiger partial charge is 0.368 e. The van der Waals surface area contributed by atoms with E-state index in [0.717, 1.165) is 42.7 Å². The molecule has 0 bridgehead atoms. The van der Waals surface area contributed by atoms with Crippen molar-refractivity contribution in [2.24, 2.45) is 0 Å². The summed E-state index contributed by atoms with van der Waals surface area (Å²) < 4.78 is 2.04. The second-order valence-electron chi connectivity index (χ2n) is 6.88. The van der Waals surface area contributed by atoms with E-state index in [1.807, 2.05) is 42.9 Å². The van der Waals surface area contributed by atoms with E-state index in [0.29, 0.717) is 22.5 Å². The maximum atomic E-state index is 6.24. The van der Waals surface area contributed by atoms with Crippen LogP contribution in [0.3, 0.4) is 0 Å². The Hall–Kier alpha value is -2.59. The van der Waals surface area contributed by atoms with Gasteiger partial charge in [0.1, 0.15) is 5.82 Å². The molecule has 1 fully saturated rings. The van der Waals surface area contributed by atoms with Crippen LogP contribution in [-0.4, -0.2) is 56.9 Å². The molecule has 11 heteroatoms. The molecule has 1 aliphatic heterocycles. The Morgan fingerprint density at radius 3 is 2.66 bits per heavy atom. The van der Waals surface area contributed by atoms with Crippen LogP contribution >= 0.6 is 23.4 Å². The standard InChI is InChI=1S/C18H22ClN9S/c1-26(2)16-22-14(21-15(20)23-16)11-29-18-25-24-17(27-8-3-4-9-27)28(18)13-7-5-6-12(19)10-13/h5-7,10H,3-4,8-9,11H2,1-2H3,(H2,20,21,22,23). The quantitative estimate of drug-likeness (QED) is 0.590. The van der Waals surface area contributed by atoms with Gasteiger partial charge in [-0.25, -0.2) is 0 Å². The predicted molar refractivity (Wildman–Crippen MR) is 116 cm³/mol. The van der Waals surface area contributed by atoms with Gasteiger partial charge in [0, 0.05) is 32.2 Å². The van der Waals surface area contributed by atoms with Crippen LogP contribution in [0, 0.1) is 0 Å². The van der Waals surface area contributed by atoms with Crippen LogP contribution < -0.4 is 15.5 Å². The second-order valence-corrected chi connectivity index (χ2v) is 8.26. The molecule has 3 heterocycles. The number of halogens is 1. The third-order valence-electron chi connectivity index (χ3n) is 4.49. The average Bonchev–Trinajstić information content (AvgIpc) is 3.35. The summed E-state index contributed by atoms with van der Waals surface area (Å²) in [7, 11) is 3.73. The first-order valence-corrected chi connectivity index (χ1v) is 10.6. The van der Waals surface area contributed by atoms with Crippen molar-refractivity contribution in [2.45, 2.75) is 23.8 Å². The minimum Gasteiger partial charge on any atom is -0.368 e. The summed E-state index contributed by atoms with van der Waals surface area (Å²) in [6, 6.07) is 7.70. The molecule has 0 radical (unpaired) electrons. The van der Waals surface area contributed by atoms with E-state index in [9.17, 15) is 0 Å². The molecule has 0 amide bonds. The van der Waals surface area contributed by atoms with Crippen LogP contribution in [0.5, 0.6) is 0 Å². The molecule has 2 aromatic heterocycles.